The molecular formula is C10H20NO5S2-. The van der Waals surface area contributed by atoms with Crippen molar-refractivity contribution in [2.24, 2.45) is 5.92 Å². The molecular weight excluding hydrogens is 278 g/mol. The van der Waals surface area contributed by atoms with Crippen LogP contribution in [0.1, 0.15) is 39.0 Å². The molecule has 1 unspecified atom stereocenters. The Morgan fingerprint density at radius 3 is 2.50 bits per heavy atom. The van der Waals surface area contributed by atoms with Gasteiger partial charge in [-0.25, -0.2) is 4.31 Å². The monoisotopic (exact) mass is 298 g/mol. The molecule has 0 aromatic rings. The first-order valence-electron chi connectivity index (χ1n) is 6.16. The first-order chi connectivity index (χ1) is 8.44. The van der Waals surface area contributed by atoms with Crippen LogP contribution >= 0.6 is 0 Å². The predicted molar refractivity (Wildman–Crippen MR) is 67.6 cm³/mol. The van der Waals surface area contributed by atoms with Crippen molar-refractivity contribution in [3.63, 3.8) is 0 Å². The maximum absolute atomic E-state index is 11.5. The normalized spacial score (nSPS) is 19.5. The zero-order valence-electron chi connectivity index (χ0n) is 10.5. The van der Waals surface area contributed by atoms with Crippen LogP contribution in [0.15, 0.2) is 0 Å². The van der Waals surface area contributed by atoms with E-state index in [0.29, 0.717) is 6.42 Å². The summed E-state index contributed by atoms with van der Waals surface area (Å²) in [6, 6.07) is 0. The summed E-state index contributed by atoms with van der Waals surface area (Å²) in [5, 5.41) is 0. The highest BCUT2D eigenvalue weighted by Crippen LogP contribution is 2.25. The minimum atomic E-state index is -3.80. The van der Waals surface area contributed by atoms with Crippen LogP contribution in [0.3, 0.4) is 0 Å². The standard InChI is InChI=1S/C10H21NO5S2/c1-2-7-16-18(14,15)9-11(17(12)13)8-10-5-3-4-6-10/h10H,2-9H2,1H3,(H,12,13)/p-1. The van der Waals surface area contributed by atoms with E-state index in [1.54, 1.807) is 6.92 Å². The molecule has 0 radical (unpaired) electrons. The van der Waals surface area contributed by atoms with Crippen molar-refractivity contribution in [3.05, 3.63) is 0 Å². The minimum absolute atomic E-state index is 0.0884. The van der Waals surface area contributed by atoms with E-state index in [2.05, 4.69) is 4.18 Å². The Morgan fingerprint density at radius 2 is 2.00 bits per heavy atom. The van der Waals surface area contributed by atoms with Crippen LogP contribution < -0.4 is 0 Å². The minimum Gasteiger partial charge on any atom is -0.760 e. The Labute approximate surface area is 111 Å². The molecule has 0 bridgehead atoms. The molecule has 1 rings (SSSR count). The topological polar surface area (TPSA) is 86.7 Å². The SMILES string of the molecule is CCCOS(=O)(=O)CN(CC1CCCC1)S(=O)[O-]. The fraction of sp³-hybridized carbons (Fsp3) is 1.00. The highest BCUT2D eigenvalue weighted by molar-refractivity contribution is 7.87. The summed E-state index contributed by atoms with van der Waals surface area (Å²) in [5.74, 6) is -0.316. The molecule has 1 aliphatic rings. The molecule has 0 aliphatic heterocycles. The van der Waals surface area contributed by atoms with Crippen molar-refractivity contribution in [2.45, 2.75) is 39.0 Å². The van der Waals surface area contributed by atoms with E-state index < -0.39 is 27.3 Å². The Morgan fingerprint density at radius 1 is 1.39 bits per heavy atom. The lowest BCUT2D eigenvalue weighted by atomic mass is 10.1. The average molecular weight is 298 g/mol. The van der Waals surface area contributed by atoms with Gasteiger partial charge in [-0.1, -0.05) is 19.8 Å². The predicted octanol–water partition coefficient (Wildman–Crippen LogP) is 0.987. The van der Waals surface area contributed by atoms with E-state index in [9.17, 15) is 17.2 Å². The lowest BCUT2D eigenvalue weighted by Crippen LogP contribution is -2.35. The van der Waals surface area contributed by atoms with E-state index >= 15 is 0 Å². The number of rotatable bonds is 8. The van der Waals surface area contributed by atoms with Crippen LogP contribution in [0, 0.1) is 5.92 Å². The molecule has 0 aromatic heterocycles. The van der Waals surface area contributed by atoms with Gasteiger partial charge in [0.05, 0.1) is 6.61 Å². The molecule has 8 heteroatoms. The van der Waals surface area contributed by atoms with Gasteiger partial charge in [0.15, 0.2) is 0 Å². The zero-order chi connectivity index (χ0) is 13.6. The van der Waals surface area contributed by atoms with E-state index in [1.807, 2.05) is 0 Å². The lowest BCUT2D eigenvalue weighted by molar-refractivity contribution is 0.297. The second kappa shape index (κ2) is 7.54. The van der Waals surface area contributed by atoms with Crippen molar-refractivity contribution < 1.29 is 21.4 Å². The molecule has 1 aliphatic carbocycles. The molecule has 0 saturated heterocycles. The van der Waals surface area contributed by atoms with Gasteiger partial charge in [0.1, 0.15) is 5.88 Å². The third-order valence-electron chi connectivity index (χ3n) is 2.92. The van der Waals surface area contributed by atoms with Gasteiger partial charge < -0.3 is 4.55 Å². The zero-order valence-corrected chi connectivity index (χ0v) is 12.2. The molecule has 108 valence electrons. The molecule has 0 amide bonds. The van der Waals surface area contributed by atoms with Gasteiger partial charge in [-0.3, -0.25) is 8.39 Å². The lowest BCUT2D eigenvalue weighted by Gasteiger charge is -2.26. The quantitative estimate of drug-likeness (QED) is 0.492. The van der Waals surface area contributed by atoms with Crippen LogP contribution in [0.4, 0.5) is 0 Å². The van der Waals surface area contributed by atoms with Crippen LogP contribution in [-0.4, -0.2) is 40.5 Å². The summed E-state index contributed by atoms with van der Waals surface area (Å²) in [5.41, 5.74) is 0. The van der Waals surface area contributed by atoms with E-state index in [4.69, 9.17) is 0 Å². The van der Waals surface area contributed by atoms with Crippen molar-refractivity contribution >= 4 is 21.4 Å². The van der Waals surface area contributed by atoms with Gasteiger partial charge in [-0.05, 0) is 25.2 Å². The van der Waals surface area contributed by atoms with Crippen LogP contribution in [-0.2, 0) is 25.6 Å². The largest absolute Gasteiger partial charge is 0.760 e. The molecule has 0 N–H and O–H groups in total. The first kappa shape index (κ1) is 16.0. The molecule has 6 nitrogen and oxygen atoms in total. The molecule has 18 heavy (non-hydrogen) atoms. The van der Waals surface area contributed by atoms with Crippen molar-refractivity contribution in [1.82, 2.24) is 4.31 Å². The van der Waals surface area contributed by atoms with Crippen LogP contribution in [0.25, 0.3) is 0 Å². The van der Waals surface area contributed by atoms with Crippen molar-refractivity contribution in [1.29, 1.82) is 0 Å². The molecule has 0 aromatic carbocycles. The number of hydrogen-bond donors (Lipinski definition) is 0. The number of hydrogen-bond acceptors (Lipinski definition) is 5. The molecule has 1 saturated carbocycles. The second-order valence-electron chi connectivity index (χ2n) is 4.54. The Hall–Kier alpha value is -0.0200. The fourth-order valence-electron chi connectivity index (χ4n) is 2.06. The van der Waals surface area contributed by atoms with Gasteiger partial charge in [-0.2, -0.15) is 8.42 Å². The molecule has 0 spiro atoms. The van der Waals surface area contributed by atoms with Crippen LogP contribution in [0.5, 0.6) is 0 Å². The first-order valence-corrected chi connectivity index (χ1v) is 8.77. The Bertz CT molecular complexity index is 364. The van der Waals surface area contributed by atoms with E-state index in [0.717, 1.165) is 30.0 Å². The summed E-state index contributed by atoms with van der Waals surface area (Å²) < 4.78 is 50.8. The average Bonchev–Trinajstić information content (AvgIpc) is 2.78. The summed E-state index contributed by atoms with van der Waals surface area (Å²) in [7, 11) is -3.80. The maximum atomic E-state index is 11.5. The van der Waals surface area contributed by atoms with Crippen molar-refractivity contribution in [2.75, 3.05) is 19.0 Å². The number of nitrogens with zero attached hydrogens (tertiary/aromatic N) is 1. The van der Waals surface area contributed by atoms with Crippen LogP contribution in [0.2, 0.25) is 0 Å². The summed E-state index contributed by atoms with van der Waals surface area (Å²) in [6.07, 6.45) is 4.67. The third kappa shape index (κ3) is 5.75. The van der Waals surface area contributed by atoms with E-state index in [-0.39, 0.29) is 19.1 Å². The van der Waals surface area contributed by atoms with Gasteiger partial charge in [0.2, 0.25) is 0 Å². The molecule has 1 atom stereocenters. The van der Waals surface area contributed by atoms with Crippen molar-refractivity contribution in [3.8, 4) is 0 Å². The Balaban J connectivity index is 2.53. The van der Waals surface area contributed by atoms with Gasteiger partial charge in [-0.15, -0.1) is 0 Å². The van der Waals surface area contributed by atoms with Gasteiger partial charge in [0.25, 0.3) is 10.1 Å². The molecule has 0 heterocycles. The fourth-order valence-corrected chi connectivity index (χ4v) is 4.08. The summed E-state index contributed by atoms with van der Waals surface area (Å²) in [4.78, 5) is 0. The maximum Gasteiger partial charge on any atom is 0.281 e. The summed E-state index contributed by atoms with van der Waals surface area (Å²) in [6.45, 7) is 2.15. The second-order valence-corrected chi connectivity index (χ2v) is 7.10. The highest BCUT2D eigenvalue weighted by Gasteiger charge is 2.23. The highest BCUT2D eigenvalue weighted by atomic mass is 32.2. The summed E-state index contributed by atoms with van der Waals surface area (Å²) >= 11 is -2.53. The van der Waals surface area contributed by atoms with Gasteiger partial charge in [0, 0.05) is 17.8 Å². The smallest absolute Gasteiger partial charge is 0.281 e. The Kier molecular flexibility index (Phi) is 6.72. The third-order valence-corrected chi connectivity index (χ3v) is 4.93. The van der Waals surface area contributed by atoms with Gasteiger partial charge >= 0.3 is 0 Å². The molecule has 1 fully saturated rings. The van der Waals surface area contributed by atoms with E-state index in [1.165, 1.54) is 0 Å².